The summed E-state index contributed by atoms with van der Waals surface area (Å²) in [5.74, 6) is 1.92. The Morgan fingerprint density at radius 3 is 2.84 bits per heavy atom. The molecule has 1 aromatic rings. The molecule has 2 heterocycles. The van der Waals surface area contributed by atoms with Crippen molar-refractivity contribution < 1.29 is 4.42 Å². The van der Waals surface area contributed by atoms with Crippen molar-refractivity contribution in [2.24, 2.45) is 5.92 Å². The summed E-state index contributed by atoms with van der Waals surface area (Å²) in [6, 6.07) is 4.64. The Morgan fingerprint density at radius 1 is 1.42 bits per heavy atom. The van der Waals surface area contributed by atoms with Crippen molar-refractivity contribution >= 4 is 0 Å². The predicted molar refractivity (Wildman–Crippen MR) is 79.3 cm³/mol. The van der Waals surface area contributed by atoms with E-state index in [0.29, 0.717) is 6.04 Å². The van der Waals surface area contributed by atoms with Gasteiger partial charge >= 0.3 is 0 Å². The summed E-state index contributed by atoms with van der Waals surface area (Å²) in [6.07, 6.45) is 6.71. The van der Waals surface area contributed by atoms with Crippen molar-refractivity contribution in [3.63, 3.8) is 0 Å². The zero-order valence-electron chi connectivity index (χ0n) is 12.4. The maximum atomic E-state index is 5.36. The first-order valence-electron chi connectivity index (χ1n) is 7.77. The van der Waals surface area contributed by atoms with E-state index in [4.69, 9.17) is 4.42 Å². The van der Waals surface area contributed by atoms with Gasteiger partial charge in [0.05, 0.1) is 6.26 Å². The second kappa shape index (κ2) is 7.71. The van der Waals surface area contributed by atoms with E-state index in [-0.39, 0.29) is 0 Å². The van der Waals surface area contributed by atoms with Crippen LogP contribution in [0.5, 0.6) is 0 Å². The van der Waals surface area contributed by atoms with Gasteiger partial charge in [0.15, 0.2) is 0 Å². The largest absolute Gasteiger partial charge is 0.469 e. The lowest BCUT2D eigenvalue weighted by molar-refractivity contribution is 0.163. The summed E-state index contributed by atoms with van der Waals surface area (Å²) in [5.41, 5.74) is 0. The van der Waals surface area contributed by atoms with Gasteiger partial charge in [0.1, 0.15) is 5.76 Å². The number of rotatable bonds is 7. The molecule has 0 radical (unpaired) electrons. The van der Waals surface area contributed by atoms with Crippen molar-refractivity contribution in [1.29, 1.82) is 0 Å². The second-order valence-electron chi connectivity index (χ2n) is 5.75. The molecule has 0 aliphatic carbocycles. The van der Waals surface area contributed by atoms with Crippen LogP contribution in [-0.4, -0.2) is 37.1 Å². The highest BCUT2D eigenvalue weighted by Crippen LogP contribution is 2.20. The van der Waals surface area contributed by atoms with E-state index in [1.165, 1.54) is 38.9 Å². The molecule has 1 aromatic heterocycles. The fourth-order valence-electron chi connectivity index (χ4n) is 3.04. The monoisotopic (exact) mass is 264 g/mol. The Bertz CT molecular complexity index is 329. The third-order valence-corrected chi connectivity index (χ3v) is 4.30. The molecule has 3 nitrogen and oxygen atoms in total. The Hall–Kier alpha value is -0.800. The average molecular weight is 264 g/mol. The van der Waals surface area contributed by atoms with Gasteiger partial charge in [-0.2, -0.15) is 0 Å². The van der Waals surface area contributed by atoms with Crippen molar-refractivity contribution in [2.75, 3.05) is 26.2 Å². The van der Waals surface area contributed by atoms with Crippen LogP contribution in [-0.2, 0) is 6.42 Å². The van der Waals surface area contributed by atoms with E-state index in [0.717, 1.165) is 24.6 Å². The molecule has 3 heteroatoms. The summed E-state index contributed by atoms with van der Waals surface area (Å²) in [4.78, 5) is 2.60. The van der Waals surface area contributed by atoms with Crippen molar-refractivity contribution in [3.05, 3.63) is 24.2 Å². The first kappa shape index (κ1) is 14.6. The fourth-order valence-corrected chi connectivity index (χ4v) is 3.04. The van der Waals surface area contributed by atoms with Gasteiger partial charge in [-0.25, -0.2) is 0 Å². The number of nitrogens with zero attached hydrogens (tertiary/aromatic N) is 1. The molecule has 19 heavy (non-hydrogen) atoms. The Morgan fingerprint density at radius 2 is 2.21 bits per heavy atom. The first-order chi connectivity index (χ1) is 9.29. The highest BCUT2D eigenvalue weighted by molar-refractivity contribution is 4.98. The molecule has 1 aliphatic heterocycles. The van der Waals surface area contributed by atoms with Gasteiger partial charge in [-0.3, -0.25) is 0 Å². The molecule has 0 bridgehead atoms. The molecule has 1 N–H and O–H groups in total. The minimum atomic E-state index is 0.624. The zero-order chi connectivity index (χ0) is 13.5. The summed E-state index contributed by atoms with van der Waals surface area (Å²) in [6.45, 7) is 9.45. The standard InChI is InChI=1S/C16H28N2O/c1-3-10-18-11-7-15(8-12-18)14(2)17-9-6-16-5-4-13-19-16/h4-5,13-15,17H,3,6-12H2,1-2H3. The molecule has 1 atom stereocenters. The Balaban J connectivity index is 1.62. The van der Waals surface area contributed by atoms with Crippen LogP contribution in [0.25, 0.3) is 0 Å². The summed E-state index contributed by atoms with van der Waals surface area (Å²) >= 11 is 0. The van der Waals surface area contributed by atoms with Crippen LogP contribution in [0.15, 0.2) is 22.8 Å². The predicted octanol–water partition coefficient (Wildman–Crippen LogP) is 2.92. The van der Waals surface area contributed by atoms with E-state index in [9.17, 15) is 0 Å². The highest BCUT2D eigenvalue weighted by atomic mass is 16.3. The fraction of sp³-hybridized carbons (Fsp3) is 0.750. The smallest absolute Gasteiger partial charge is 0.105 e. The molecular weight excluding hydrogens is 236 g/mol. The minimum absolute atomic E-state index is 0.624. The van der Waals surface area contributed by atoms with Crippen LogP contribution in [0, 0.1) is 5.92 Å². The van der Waals surface area contributed by atoms with Crippen molar-refractivity contribution in [1.82, 2.24) is 10.2 Å². The summed E-state index contributed by atoms with van der Waals surface area (Å²) in [7, 11) is 0. The third kappa shape index (κ3) is 4.66. The first-order valence-corrected chi connectivity index (χ1v) is 7.77. The van der Waals surface area contributed by atoms with Crippen LogP contribution >= 0.6 is 0 Å². The molecular formula is C16H28N2O. The molecule has 108 valence electrons. The molecule has 0 saturated carbocycles. The maximum Gasteiger partial charge on any atom is 0.105 e. The van der Waals surface area contributed by atoms with Crippen LogP contribution < -0.4 is 5.32 Å². The van der Waals surface area contributed by atoms with Gasteiger partial charge in [-0.1, -0.05) is 6.92 Å². The maximum absolute atomic E-state index is 5.36. The number of piperidine rings is 1. The normalized spacial score (nSPS) is 19.7. The second-order valence-corrected chi connectivity index (χ2v) is 5.75. The Labute approximate surface area is 117 Å². The molecule has 0 amide bonds. The molecule has 1 saturated heterocycles. The summed E-state index contributed by atoms with van der Waals surface area (Å²) in [5, 5.41) is 3.66. The number of hydrogen-bond donors (Lipinski definition) is 1. The quantitative estimate of drug-likeness (QED) is 0.821. The number of nitrogens with one attached hydrogen (secondary N) is 1. The van der Waals surface area contributed by atoms with Crippen LogP contribution in [0.4, 0.5) is 0 Å². The lowest BCUT2D eigenvalue weighted by atomic mass is 9.90. The molecule has 0 aromatic carbocycles. The van der Waals surface area contributed by atoms with E-state index < -0.39 is 0 Å². The van der Waals surface area contributed by atoms with Gasteiger partial charge in [-0.05, 0) is 63.9 Å². The highest BCUT2D eigenvalue weighted by Gasteiger charge is 2.22. The van der Waals surface area contributed by atoms with Gasteiger partial charge in [0.25, 0.3) is 0 Å². The van der Waals surface area contributed by atoms with Crippen LogP contribution in [0.3, 0.4) is 0 Å². The number of hydrogen-bond acceptors (Lipinski definition) is 3. The van der Waals surface area contributed by atoms with E-state index in [2.05, 4.69) is 30.1 Å². The molecule has 1 fully saturated rings. The van der Waals surface area contributed by atoms with Crippen molar-refractivity contribution in [2.45, 2.75) is 45.6 Å². The molecule has 1 unspecified atom stereocenters. The average Bonchev–Trinajstić information content (AvgIpc) is 2.93. The zero-order valence-corrected chi connectivity index (χ0v) is 12.4. The molecule has 0 spiro atoms. The van der Waals surface area contributed by atoms with Crippen LogP contribution in [0.1, 0.15) is 38.9 Å². The van der Waals surface area contributed by atoms with Gasteiger partial charge in [-0.15, -0.1) is 0 Å². The van der Waals surface area contributed by atoms with Gasteiger partial charge in [0, 0.05) is 19.0 Å². The Kier molecular flexibility index (Phi) is 5.93. The number of likely N-dealkylation sites (tertiary alicyclic amines) is 1. The van der Waals surface area contributed by atoms with Crippen molar-refractivity contribution in [3.8, 4) is 0 Å². The SMILES string of the molecule is CCCN1CCC(C(C)NCCc2ccco2)CC1. The van der Waals surface area contributed by atoms with Gasteiger partial charge in [0.2, 0.25) is 0 Å². The van der Waals surface area contributed by atoms with E-state index >= 15 is 0 Å². The lowest BCUT2D eigenvalue weighted by Crippen LogP contribution is -2.42. The van der Waals surface area contributed by atoms with Gasteiger partial charge < -0.3 is 14.6 Å². The third-order valence-electron chi connectivity index (χ3n) is 4.30. The van der Waals surface area contributed by atoms with E-state index in [1.807, 2.05) is 6.07 Å². The topological polar surface area (TPSA) is 28.4 Å². The number of furan rings is 1. The molecule has 2 rings (SSSR count). The summed E-state index contributed by atoms with van der Waals surface area (Å²) < 4.78 is 5.36. The minimum Gasteiger partial charge on any atom is -0.469 e. The van der Waals surface area contributed by atoms with E-state index in [1.54, 1.807) is 6.26 Å². The van der Waals surface area contributed by atoms with Crippen LogP contribution in [0.2, 0.25) is 0 Å². The molecule has 1 aliphatic rings. The lowest BCUT2D eigenvalue weighted by Gasteiger charge is -2.35.